The van der Waals surface area contributed by atoms with Gasteiger partial charge in [0.05, 0.1) is 0 Å². The van der Waals surface area contributed by atoms with Crippen molar-refractivity contribution in [3.8, 4) is 0 Å². The summed E-state index contributed by atoms with van der Waals surface area (Å²) in [5.74, 6) is 0. The molecule has 0 atom stereocenters. The average Bonchev–Trinajstić information content (AvgIpc) is 1.72. The fourth-order valence-corrected chi connectivity index (χ4v) is 0.385. The zero-order valence-corrected chi connectivity index (χ0v) is 8.00. The first-order valence-corrected chi connectivity index (χ1v) is 2.00. The van der Waals surface area contributed by atoms with Crippen molar-refractivity contribution in [1.82, 2.24) is 0 Å². The summed E-state index contributed by atoms with van der Waals surface area (Å²) in [6, 6.07) is 12.0. The highest BCUT2D eigenvalue weighted by Crippen LogP contribution is 1.79. The van der Waals surface area contributed by atoms with E-state index in [9.17, 15) is 0 Å². The van der Waals surface area contributed by atoms with E-state index >= 15 is 0 Å². The van der Waals surface area contributed by atoms with Crippen molar-refractivity contribution in [3.63, 3.8) is 0 Å². The molecule has 0 amide bonds. The molecule has 0 aliphatic rings. The van der Waals surface area contributed by atoms with Gasteiger partial charge in [-0.05, 0) is 0 Å². The van der Waals surface area contributed by atoms with E-state index < -0.39 is 0 Å². The van der Waals surface area contributed by atoms with Crippen LogP contribution in [0.5, 0.6) is 0 Å². The maximum absolute atomic E-state index is 2.00. The highest BCUT2D eigenvalue weighted by Gasteiger charge is 1.57. The van der Waals surface area contributed by atoms with Crippen molar-refractivity contribution in [1.29, 1.82) is 0 Å². The molecule has 0 heterocycles. The van der Waals surface area contributed by atoms with E-state index in [-0.39, 0.29) is 49.6 Å². The van der Waals surface area contributed by atoms with Gasteiger partial charge in [-0.25, -0.2) is 0 Å². The smallest absolute Gasteiger partial charge is 0.0623 e. The van der Waals surface area contributed by atoms with Gasteiger partial charge in [0.2, 0.25) is 0 Å². The summed E-state index contributed by atoms with van der Waals surface area (Å²) < 4.78 is 0. The van der Waals surface area contributed by atoms with Crippen molar-refractivity contribution in [3.05, 3.63) is 36.4 Å². The Balaban J connectivity index is -0.0000000450. The number of benzene rings is 1. The topological polar surface area (TPSA) is 0 Å². The molecular formula is C6H6Cl4-4. The molecule has 0 unspecified atom stereocenters. The van der Waals surface area contributed by atoms with E-state index in [1.807, 2.05) is 36.4 Å². The summed E-state index contributed by atoms with van der Waals surface area (Å²) in [5, 5.41) is 0. The van der Waals surface area contributed by atoms with E-state index in [0.29, 0.717) is 0 Å². The Morgan fingerprint density at radius 3 is 0.500 bits per heavy atom. The first-order chi connectivity index (χ1) is 3.00. The van der Waals surface area contributed by atoms with Gasteiger partial charge in [0.1, 0.15) is 0 Å². The summed E-state index contributed by atoms with van der Waals surface area (Å²) in [4.78, 5) is 0. The lowest BCUT2D eigenvalue weighted by Crippen LogP contribution is -3.00. The maximum atomic E-state index is 2.00. The Morgan fingerprint density at radius 2 is 0.400 bits per heavy atom. The van der Waals surface area contributed by atoms with E-state index in [2.05, 4.69) is 0 Å². The van der Waals surface area contributed by atoms with Gasteiger partial charge in [0.15, 0.2) is 0 Å². The van der Waals surface area contributed by atoms with Crippen molar-refractivity contribution >= 4 is 0 Å². The molecular weight excluding hydrogens is 214 g/mol. The molecule has 4 heteroatoms. The monoisotopic (exact) mass is 218 g/mol. The van der Waals surface area contributed by atoms with Gasteiger partial charge in [-0.1, -0.05) is 36.4 Å². The second kappa shape index (κ2) is 16.2. The predicted molar refractivity (Wildman–Crippen MR) is 26.4 cm³/mol. The molecule has 0 aliphatic carbocycles. The van der Waals surface area contributed by atoms with Crippen LogP contribution in [0.2, 0.25) is 0 Å². The Bertz CT molecular complexity index is 81.7. The zero-order valence-electron chi connectivity index (χ0n) is 4.98. The van der Waals surface area contributed by atoms with Crippen LogP contribution in [0.4, 0.5) is 0 Å². The predicted octanol–water partition coefficient (Wildman–Crippen LogP) is -10.3. The van der Waals surface area contributed by atoms with Crippen LogP contribution in [0, 0.1) is 0 Å². The molecule has 0 saturated carbocycles. The van der Waals surface area contributed by atoms with Gasteiger partial charge in [-0.2, -0.15) is 0 Å². The molecule has 1 aromatic rings. The quantitative estimate of drug-likeness (QED) is 0.407. The molecule has 0 aromatic heterocycles. The summed E-state index contributed by atoms with van der Waals surface area (Å²) in [5.41, 5.74) is 0. The minimum Gasteiger partial charge on any atom is -1.00 e. The van der Waals surface area contributed by atoms with Gasteiger partial charge in [0, 0.05) is 0 Å². The summed E-state index contributed by atoms with van der Waals surface area (Å²) in [6.07, 6.45) is 0. The first-order valence-electron chi connectivity index (χ1n) is 2.00. The lowest BCUT2D eigenvalue weighted by atomic mass is 10.4. The Morgan fingerprint density at radius 1 is 0.300 bits per heavy atom. The van der Waals surface area contributed by atoms with Gasteiger partial charge in [0.25, 0.3) is 0 Å². The van der Waals surface area contributed by atoms with Crippen molar-refractivity contribution in [2.24, 2.45) is 0 Å². The van der Waals surface area contributed by atoms with Crippen molar-refractivity contribution < 1.29 is 49.6 Å². The summed E-state index contributed by atoms with van der Waals surface area (Å²) >= 11 is 0. The van der Waals surface area contributed by atoms with Crippen molar-refractivity contribution in [2.75, 3.05) is 0 Å². The minimum atomic E-state index is 0. The molecule has 0 fully saturated rings. The number of hydrogen-bond donors (Lipinski definition) is 0. The molecule has 0 aliphatic heterocycles. The van der Waals surface area contributed by atoms with E-state index in [0.717, 1.165) is 0 Å². The first kappa shape index (κ1) is 22.4. The number of hydrogen-bond acceptors (Lipinski definition) is 0. The standard InChI is InChI=1S/C6H6.4ClH/c1-2-4-6-5-3-1;;;;/h1-6H;4*1H/p-4. The fourth-order valence-electron chi connectivity index (χ4n) is 0.385. The third-order valence-corrected chi connectivity index (χ3v) is 0.667. The number of halogens is 4. The van der Waals surface area contributed by atoms with E-state index in [4.69, 9.17) is 0 Å². The van der Waals surface area contributed by atoms with E-state index in [1.54, 1.807) is 0 Å². The molecule has 10 heavy (non-hydrogen) atoms. The van der Waals surface area contributed by atoms with Gasteiger partial charge in [-0.15, -0.1) is 0 Å². The second-order valence-electron chi connectivity index (χ2n) is 1.15. The average molecular weight is 220 g/mol. The summed E-state index contributed by atoms with van der Waals surface area (Å²) in [6.45, 7) is 0. The van der Waals surface area contributed by atoms with Crippen LogP contribution < -0.4 is 49.6 Å². The third kappa shape index (κ3) is 11.2. The fraction of sp³-hybridized carbons (Fsp3) is 0. The molecule has 0 bridgehead atoms. The van der Waals surface area contributed by atoms with E-state index in [1.165, 1.54) is 0 Å². The largest absolute Gasteiger partial charge is 1.00 e. The molecule has 0 nitrogen and oxygen atoms in total. The van der Waals surface area contributed by atoms with Crippen LogP contribution in [0.1, 0.15) is 0 Å². The van der Waals surface area contributed by atoms with Gasteiger partial charge in [-0.3, -0.25) is 0 Å². The van der Waals surface area contributed by atoms with Crippen LogP contribution in [-0.2, 0) is 0 Å². The number of rotatable bonds is 0. The molecule has 0 N–H and O–H groups in total. The molecule has 1 aromatic carbocycles. The Labute approximate surface area is 86.0 Å². The van der Waals surface area contributed by atoms with Crippen LogP contribution in [0.25, 0.3) is 0 Å². The van der Waals surface area contributed by atoms with Crippen LogP contribution in [-0.4, -0.2) is 0 Å². The normalized spacial score (nSPS) is 4.80. The summed E-state index contributed by atoms with van der Waals surface area (Å²) in [7, 11) is 0. The highest BCUT2D eigenvalue weighted by atomic mass is 35.5. The zero-order chi connectivity index (χ0) is 4.24. The molecule has 0 saturated heterocycles. The maximum Gasteiger partial charge on any atom is -0.0623 e. The molecule has 62 valence electrons. The van der Waals surface area contributed by atoms with Crippen molar-refractivity contribution in [2.45, 2.75) is 0 Å². The van der Waals surface area contributed by atoms with Gasteiger partial charge >= 0.3 is 0 Å². The SMILES string of the molecule is [Cl-].[Cl-].[Cl-].[Cl-].c1ccccc1. The Kier molecular flexibility index (Phi) is 36.3. The molecule has 1 rings (SSSR count). The molecule has 0 radical (unpaired) electrons. The minimum absolute atomic E-state index is 0. The lowest BCUT2D eigenvalue weighted by Gasteiger charge is -1.69. The molecule has 0 spiro atoms. The highest BCUT2D eigenvalue weighted by molar-refractivity contribution is 4.99. The lowest BCUT2D eigenvalue weighted by molar-refractivity contribution is -0.00100. The Hall–Kier alpha value is 0.380. The third-order valence-electron chi connectivity index (χ3n) is 0.667. The van der Waals surface area contributed by atoms with Crippen LogP contribution in [0.3, 0.4) is 0 Å². The second-order valence-corrected chi connectivity index (χ2v) is 1.15. The van der Waals surface area contributed by atoms with Crippen LogP contribution >= 0.6 is 0 Å². The van der Waals surface area contributed by atoms with Gasteiger partial charge < -0.3 is 49.6 Å². The van der Waals surface area contributed by atoms with Crippen LogP contribution in [0.15, 0.2) is 36.4 Å².